The Morgan fingerprint density at radius 2 is 1.96 bits per heavy atom. The lowest BCUT2D eigenvalue weighted by molar-refractivity contribution is -0.138. The van der Waals surface area contributed by atoms with Crippen molar-refractivity contribution in [3.8, 4) is 0 Å². The van der Waals surface area contributed by atoms with E-state index in [1.54, 1.807) is 13.0 Å². The quantitative estimate of drug-likeness (QED) is 0.410. The number of hydrogen-bond acceptors (Lipinski definition) is 7. The highest BCUT2D eigenvalue weighted by molar-refractivity contribution is 9.10. The van der Waals surface area contributed by atoms with Crippen LogP contribution in [0.1, 0.15) is 43.6 Å². The summed E-state index contributed by atoms with van der Waals surface area (Å²) in [6, 6.07) is 3.61. The second kappa shape index (κ2) is 11.3. The average Bonchev–Trinajstić information content (AvgIpc) is 2.58. The molecule has 0 aliphatic carbocycles. The molecule has 1 saturated heterocycles. The van der Waals surface area contributed by atoms with Crippen molar-refractivity contribution >= 4 is 34.1 Å². The van der Waals surface area contributed by atoms with Gasteiger partial charge in [-0.15, -0.1) is 0 Å². The van der Waals surface area contributed by atoms with E-state index in [1.807, 2.05) is 26.8 Å². The number of halogens is 1. The number of ether oxygens (including phenoxy) is 2. The largest absolute Gasteiger partial charge is 0.462 e. The molecule has 0 aromatic heterocycles. The molecule has 1 fully saturated rings. The van der Waals surface area contributed by atoms with Crippen molar-refractivity contribution in [2.45, 2.75) is 39.8 Å². The molecule has 0 unspecified atom stereocenters. The molecule has 3 N–H and O–H groups in total. The zero-order valence-electron chi connectivity index (χ0n) is 16.5. The van der Waals surface area contributed by atoms with Gasteiger partial charge in [0.1, 0.15) is 5.60 Å². The average molecular weight is 444 g/mol. The van der Waals surface area contributed by atoms with Crippen LogP contribution in [0.4, 0.5) is 5.69 Å². The van der Waals surface area contributed by atoms with E-state index in [1.165, 1.54) is 0 Å². The summed E-state index contributed by atoms with van der Waals surface area (Å²) in [5.74, 6) is -0.376. The van der Waals surface area contributed by atoms with E-state index in [2.05, 4.69) is 30.9 Å². The fourth-order valence-corrected chi connectivity index (χ4v) is 2.87. The topological polar surface area (TPSA) is 93.9 Å². The molecular weight excluding hydrogens is 414 g/mol. The Morgan fingerprint density at radius 1 is 1.33 bits per heavy atom. The molecule has 0 radical (unpaired) electrons. The first-order valence-electron chi connectivity index (χ1n) is 8.97. The van der Waals surface area contributed by atoms with Crippen molar-refractivity contribution < 1.29 is 19.1 Å². The van der Waals surface area contributed by atoms with Gasteiger partial charge in [0.2, 0.25) is 0 Å². The van der Waals surface area contributed by atoms with Gasteiger partial charge in [-0.3, -0.25) is 9.69 Å². The molecule has 1 aliphatic heterocycles. The number of hydrogen-bond donors (Lipinski definition) is 2. The van der Waals surface area contributed by atoms with Crippen LogP contribution < -0.4 is 11.1 Å². The van der Waals surface area contributed by atoms with Crippen LogP contribution in [0.15, 0.2) is 16.6 Å². The zero-order chi connectivity index (χ0) is 20.4. The maximum absolute atomic E-state index is 11.8. The van der Waals surface area contributed by atoms with E-state index in [-0.39, 0.29) is 11.6 Å². The molecule has 0 saturated carbocycles. The lowest BCUT2D eigenvalue weighted by Crippen LogP contribution is -2.42. The number of esters is 1. The molecule has 1 aliphatic rings. The number of nitrogens with zero attached hydrogens (tertiary/aromatic N) is 1. The molecule has 1 heterocycles. The number of benzene rings is 1. The van der Waals surface area contributed by atoms with Gasteiger partial charge in [0.05, 0.1) is 12.2 Å². The Kier molecular flexibility index (Phi) is 9.76. The summed E-state index contributed by atoms with van der Waals surface area (Å²) >= 11 is 3.52. The number of anilines is 1. The Morgan fingerprint density at radius 3 is 2.44 bits per heavy atom. The van der Waals surface area contributed by atoms with Gasteiger partial charge in [0.25, 0.3) is 6.47 Å². The van der Waals surface area contributed by atoms with Gasteiger partial charge >= 0.3 is 5.97 Å². The highest BCUT2D eigenvalue weighted by Crippen LogP contribution is 2.26. The minimum atomic E-state index is -0.376. The summed E-state index contributed by atoms with van der Waals surface area (Å²) in [6.45, 7) is 12.9. The van der Waals surface area contributed by atoms with Crippen molar-refractivity contribution in [3.05, 3.63) is 27.7 Å². The number of rotatable bonds is 5. The lowest BCUT2D eigenvalue weighted by Gasteiger charge is -2.27. The smallest absolute Gasteiger partial charge is 0.340 e. The highest BCUT2D eigenvalue weighted by atomic mass is 79.9. The summed E-state index contributed by atoms with van der Waals surface area (Å²) in [5, 5.41) is 3.33. The van der Waals surface area contributed by atoms with E-state index >= 15 is 0 Å². The van der Waals surface area contributed by atoms with Gasteiger partial charge in [0.15, 0.2) is 0 Å². The van der Waals surface area contributed by atoms with Crippen LogP contribution in [0.3, 0.4) is 0 Å². The van der Waals surface area contributed by atoms with Crippen molar-refractivity contribution in [1.29, 1.82) is 0 Å². The van der Waals surface area contributed by atoms with Gasteiger partial charge in [-0.25, -0.2) is 4.79 Å². The third-order valence-electron chi connectivity index (χ3n) is 3.72. The van der Waals surface area contributed by atoms with Gasteiger partial charge < -0.3 is 20.5 Å². The monoisotopic (exact) mass is 443 g/mol. The van der Waals surface area contributed by atoms with E-state index in [0.717, 1.165) is 42.8 Å². The molecule has 0 atom stereocenters. The predicted molar refractivity (Wildman–Crippen MR) is 110 cm³/mol. The molecule has 2 rings (SSSR count). The number of nitrogen functional groups attached to an aromatic ring is 1. The Hall–Kier alpha value is -1.64. The van der Waals surface area contributed by atoms with E-state index in [4.69, 9.17) is 10.5 Å². The molecule has 0 bridgehead atoms. The number of carbonyl (C=O) groups excluding carboxylic acids is 2. The minimum Gasteiger partial charge on any atom is -0.462 e. The molecule has 1 aromatic carbocycles. The number of nitrogens with one attached hydrogen (secondary N) is 1. The third-order valence-corrected chi connectivity index (χ3v) is 4.46. The van der Waals surface area contributed by atoms with Gasteiger partial charge in [-0.2, -0.15) is 0 Å². The van der Waals surface area contributed by atoms with Gasteiger partial charge in [-0.05, 0) is 45.4 Å². The molecule has 0 spiro atoms. The first-order chi connectivity index (χ1) is 12.7. The summed E-state index contributed by atoms with van der Waals surface area (Å²) in [7, 11) is 0. The Bertz CT molecular complexity index is 626. The molecule has 8 heteroatoms. The fraction of sp³-hybridized carbons (Fsp3) is 0.579. The highest BCUT2D eigenvalue weighted by Gasteiger charge is 2.16. The van der Waals surface area contributed by atoms with E-state index in [0.29, 0.717) is 24.3 Å². The molecule has 0 amide bonds. The predicted octanol–water partition coefficient (Wildman–Crippen LogP) is 2.57. The molecule has 7 nitrogen and oxygen atoms in total. The van der Waals surface area contributed by atoms with E-state index < -0.39 is 0 Å². The van der Waals surface area contributed by atoms with Gasteiger partial charge in [-0.1, -0.05) is 15.9 Å². The standard InChI is InChI=1S/C14H20BrN3O2.C5H10O2/c1-2-20-14(19)11-8-12(15)10(7-13(11)16)9-18-5-3-17-4-6-18;1-5(2,3)7-4-6/h7-8,17H,2-6,9,16H2,1H3;4H,1-3H3. The van der Waals surface area contributed by atoms with Crippen LogP contribution in [0.5, 0.6) is 0 Å². The first-order valence-corrected chi connectivity index (χ1v) is 9.76. The normalized spacial score (nSPS) is 14.7. The lowest BCUT2D eigenvalue weighted by atomic mass is 10.1. The maximum atomic E-state index is 11.8. The van der Waals surface area contributed by atoms with Crippen molar-refractivity contribution in [2.24, 2.45) is 0 Å². The first kappa shape index (κ1) is 23.4. The van der Waals surface area contributed by atoms with Crippen molar-refractivity contribution in [3.63, 3.8) is 0 Å². The van der Waals surface area contributed by atoms with Crippen LogP contribution in [0.2, 0.25) is 0 Å². The zero-order valence-corrected chi connectivity index (χ0v) is 18.1. The molecule has 27 heavy (non-hydrogen) atoms. The maximum Gasteiger partial charge on any atom is 0.340 e. The summed E-state index contributed by atoms with van der Waals surface area (Å²) in [4.78, 5) is 23.7. The van der Waals surface area contributed by atoms with Crippen molar-refractivity contribution in [1.82, 2.24) is 10.2 Å². The molecule has 1 aromatic rings. The minimum absolute atomic E-state index is 0.318. The summed E-state index contributed by atoms with van der Waals surface area (Å²) in [5.41, 5.74) is 7.64. The second-order valence-corrected chi connectivity index (χ2v) is 7.96. The van der Waals surface area contributed by atoms with Crippen LogP contribution in [0.25, 0.3) is 0 Å². The van der Waals surface area contributed by atoms with Crippen LogP contribution in [0, 0.1) is 0 Å². The number of nitrogens with two attached hydrogens (primary N) is 1. The molecule has 152 valence electrons. The van der Waals surface area contributed by atoms with Crippen LogP contribution in [-0.4, -0.2) is 55.7 Å². The number of piperazine rings is 1. The summed E-state index contributed by atoms with van der Waals surface area (Å²) < 4.78 is 10.4. The van der Waals surface area contributed by atoms with Crippen molar-refractivity contribution in [2.75, 3.05) is 38.5 Å². The Labute approximate surface area is 169 Å². The fourth-order valence-electron chi connectivity index (χ4n) is 2.40. The third kappa shape index (κ3) is 8.73. The van der Waals surface area contributed by atoms with Crippen LogP contribution >= 0.6 is 15.9 Å². The van der Waals surface area contributed by atoms with Gasteiger partial charge in [0, 0.05) is 42.9 Å². The second-order valence-electron chi connectivity index (χ2n) is 7.10. The number of carbonyl (C=O) groups is 2. The molecular formula is C19H30BrN3O4. The summed E-state index contributed by atoms with van der Waals surface area (Å²) in [6.07, 6.45) is 0. The van der Waals surface area contributed by atoms with E-state index in [9.17, 15) is 9.59 Å². The Balaban J connectivity index is 0.000000445. The van der Waals surface area contributed by atoms with Crippen LogP contribution in [-0.2, 0) is 20.8 Å². The SMILES string of the molecule is CC(C)(C)OC=O.CCOC(=O)c1cc(Br)c(CN2CCNCC2)cc1N.